The SMILES string of the molecule is COc1ccc(C(=O)NC2CCCCn3c2nc(-c2ccncn2)cc3=O)c(OC)n1. The number of nitrogens with zero attached hydrogens (tertiary/aromatic N) is 5. The minimum absolute atomic E-state index is 0.158. The maximum atomic E-state index is 13.0. The Balaban J connectivity index is 1.70. The zero-order chi connectivity index (χ0) is 21.8. The van der Waals surface area contributed by atoms with Crippen LogP contribution >= 0.6 is 0 Å². The summed E-state index contributed by atoms with van der Waals surface area (Å²) in [6, 6.07) is 5.89. The van der Waals surface area contributed by atoms with Crippen molar-refractivity contribution in [2.45, 2.75) is 31.8 Å². The summed E-state index contributed by atoms with van der Waals surface area (Å²) in [5.74, 6) is 0.640. The van der Waals surface area contributed by atoms with Crippen LogP contribution in [0.25, 0.3) is 11.4 Å². The number of methoxy groups -OCH3 is 2. The number of rotatable bonds is 5. The topological polar surface area (TPSA) is 121 Å². The van der Waals surface area contributed by atoms with E-state index in [1.165, 1.54) is 26.6 Å². The molecular weight excluding hydrogens is 400 g/mol. The summed E-state index contributed by atoms with van der Waals surface area (Å²) >= 11 is 0. The van der Waals surface area contributed by atoms with Crippen LogP contribution in [0.1, 0.15) is 41.5 Å². The van der Waals surface area contributed by atoms with E-state index in [-0.39, 0.29) is 22.9 Å². The van der Waals surface area contributed by atoms with Crippen LogP contribution in [0.5, 0.6) is 11.8 Å². The van der Waals surface area contributed by atoms with Gasteiger partial charge >= 0.3 is 0 Å². The second-order valence-electron chi connectivity index (χ2n) is 7.02. The lowest BCUT2D eigenvalue weighted by atomic mass is 10.1. The largest absolute Gasteiger partial charge is 0.481 e. The van der Waals surface area contributed by atoms with Gasteiger partial charge in [-0.1, -0.05) is 0 Å². The summed E-state index contributed by atoms with van der Waals surface area (Å²) in [5, 5.41) is 2.99. The second kappa shape index (κ2) is 8.90. The maximum Gasteiger partial charge on any atom is 0.257 e. The van der Waals surface area contributed by atoms with Crippen molar-refractivity contribution in [1.82, 2.24) is 29.8 Å². The highest BCUT2D eigenvalue weighted by Crippen LogP contribution is 2.26. The quantitative estimate of drug-likeness (QED) is 0.660. The van der Waals surface area contributed by atoms with Crippen LogP contribution in [0.2, 0.25) is 0 Å². The number of hydrogen-bond donors (Lipinski definition) is 1. The number of nitrogens with one attached hydrogen (secondary N) is 1. The van der Waals surface area contributed by atoms with Gasteiger partial charge in [0, 0.05) is 24.9 Å². The van der Waals surface area contributed by atoms with Crippen molar-refractivity contribution in [3.63, 3.8) is 0 Å². The Morgan fingerprint density at radius 2 is 2.00 bits per heavy atom. The van der Waals surface area contributed by atoms with E-state index in [0.29, 0.717) is 36.1 Å². The average Bonchev–Trinajstić information content (AvgIpc) is 3.01. The highest BCUT2D eigenvalue weighted by atomic mass is 16.5. The van der Waals surface area contributed by atoms with E-state index in [9.17, 15) is 9.59 Å². The molecular formula is C21H22N6O4. The molecule has 1 aliphatic heterocycles. The predicted molar refractivity (Wildman–Crippen MR) is 111 cm³/mol. The highest BCUT2D eigenvalue weighted by molar-refractivity contribution is 5.96. The van der Waals surface area contributed by atoms with Crippen LogP contribution < -0.4 is 20.3 Å². The first-order valence-electron chi connectivity index (χ1n) is 9.88. The van der Waals surface area contributed by atoms with Crippen molar-refractivity contribution in [3.05, 3.63) is 58.5 Å². The molecule has 4 rings (SSSR count). The first-order chi connectivity index (χ1) is 15.1. The number of amides is 1. The van der Waals surface area contributed by atoms with Crippen molar-refractivity contribution in [1.29, 1.82) is 0 Å². The van der Waals surface area contributed by atoms with Crippen LogP contribution in [0, 0.1) is 0 Å². The predicted octanol–water partition coefficient (Wildman–Crippen LogP) is 1.77. The van der Waals surface area contributed by atoms with Crippen molar-refractivity contribution >= 4 is 5.91 Å². The summed E-state index contributed by atoms with van der Waals surface area (Å²) in [6.07, 6.45) is 5.31. The maximum absolute atomic E-state index is 13.0. The molecule has 3 aromatic rings. The monoisotopic (exact) mass is 422 g/mol. The molecule has 160 valence electrons. The molecule has 0 radical (unpaired) electrons. The van der Waals surface area contributed by atoms with E-state index in [4.69, 9.17) is 14.5 Å². The number of carbonyl (C=O) groups excluding carboxylic acids is 1. The van der Waals surface area contributed by atoms with Gasteiger partial charge in [0.05, 0.1) is 31.6 Å². The van der Waals surface area contributed by atoms with Gasteiger partial charge in [0.25, 0.3) is 11.5 Å². The van der Waals surface area contributed by atoms with E-state index >= 15 is 0 Å². The number of carbonyl (C=O) groups is 1. The molecule has 0 aromatic carbocycles. The van der Waals surface area contributed by atoms with Crippen molar-refractivity contribution in [2.24, 2.45) is 0 Å². The van der Waals surface area contributed by atoms with Gasteiger partial charge in [0.15, 0.2) is 0 Å². The van der Waals surface area contributed by atoms with Crippen molar-refractivity contribution in [3.8, 4) is 23.1 Å². The Labute approximate surface area is 178 Å². The highest BCUT2D eigenvalue weighted by Gasteiger charge is 2.26. The molecule has 31 heavy (non-hydrogen) atoms. The van der Waals surface area contributed by atoms with Crippen molar-refractivity contribution in [2.75, 3.05) is 14.2 Å². The Bertz CT molecular complexity index is 1150. The van der Waals surface area contributed by atoms with Gasteiger partial charge in [-0.25, -0.2) is 15.0 Å². The molecule has 10 nitrogen and oxygen atoms in total. The number of aromatic nitrogens is 5. The van der Waals surface area contributed by atoms with Gasteiger partial charge in [-0.2, -0.15) is 4.98 Å². The van der Waals surface area contributed by atoms with Gasteiger partial charge in [0.1, 0.15) is 17.7 Å². The summed E-state index contributed by atoms with van der Waals surface area (Å²) < 4.78 is 12.0. The van der Waals surface area contributed by atoms with Gasteiger partial charge in [-0.15, -0.1) is 0 Å². The Morgan fingerprint density at radius 1 is 1.13 bits per heavy atom. The lowest BCUT2D eigenvalue weighted by Crippen LogP contribution is -2.34. The van der Waals surface area contributed by atoms with Crippen LogP contribution in [-0.4, -0.2) is 44.6 Å². The average molecular weight is 422 g/mol. The number of pyridine rings is 1. The molecule has 0 bridgehead atoms. The van der Waals surface area contributed by atoms with Crippen LogP contribution in [0.3, 0.4) is 0 Å². The minimum Gasteiger partial charge on any atom is -0.481 e. The van der Waals surface area contributed by atoms with Crippen molar-refractivity contribution < 1.29 is 14.3 Å². The van der Waals surface area contributed by atoms with Crippen LogP contribution in [-0.2, 0) is 6.54 Å². The van der Waals surface area contributed by atoms with E-state index in [0.717, 1.165) is 12.8 Å². The Hall–Kier alpha value is -3.82. The fraction of sp³-hybridized carbons (Fsp3) is 0.333. The van der Waals surface area contributed by atoms with E-state index < -0.39 is 6.04 Å². The molecule has 3 aromatic heterocycles. The molecule has 1 N–H and O–H groups in total. The number of ether oxygens (including phenoxy) is 2. The molecule has 0 saturated carbocycles. The molecule has 1 unspecified atom stereocenters. The summed E-state index contributed by atoms with van der Waals surface area (Å²) in [5.41, 5.74) is 1.09. The third kappa shape index (κ3) is 4.23. The summed E-state index contributed by atoms with van der Waals surface area (Å²) in [6.45, 7) is 0.547. The molecule has 10 heteroatoms. The Kier molecular flexibility index (Phi) is 5.87. The van der Waals surface area contributed by atoms with Crippen LogP contribution in [0.4, 0.5) is 0 Å². The molecule has 1 atom stereocenters. The number of fused-ring (bicyclic) bond motifs is 1. The zero-order valence-corrected chi connectivity index (χ0v) is 17.2. The fourth-order valence-electron chi connectivity index (χ4n) is 3.57. The second-order valence-corrected chi connectivity index (χ2v) is 7.02. The Morgan fingerprint density at radius 3 is 2.74 bits per heavy atom. The molecule has 0 spiro atoms. The van der Waals surface area contributed by atoms with Crippen LogP contribution in [0.15, 0.2) is 41.6 Å². The molecule has 1 amide bonds. The molecule has 1 aliphatic rings. The van der Waals surface area contributed by atoms with E-state index in [1.54, 1.807) is 29.0 Å². The zero-order valence-electron chi connectivity index (χ0n) is 17.2. The molecule has 4 heterocycles. The molecule has 0 aliphatic carbocycles. The van der Waals surface area contributed by atoms with Gasteiger partial charge in [-0.05, 0) is 31.4 Å². The third-order valence-corrected chi connectivity index (χ3v) is 5.11. The molecule has 0 saturated heterocycles. The standard InChI is InChI=1S/C21H22N6O4/c1-30-17-7-6-13(21(26-17)31-2)20(29)25-15-5-3-4-10-27-18(28)11-16(24-19(15)27)14-8-9-22-12-23-14/h6-9,11-12,15H,3-5,10H2,1-2H3,(H,25,29). The summed E-state index contributed by atoms with van der Waals surface area (Å²) in [7, 11) is 2.93. The minimum atomic E-state index is -0.448. The first kappa shape index (κ1) is 20.5. The van der Waals surface area contributed by atoms with E-state index in [2.05, 4.69) is 20.3 Å². The summed E-state index contributed by atoms with van der Waals surface area (Å²) in [4.78, 5) is 42.8. The van der Waals surface area contributed by atoms with Gasteiger partial charge in [-0.3, -0.25) is 14.2 Å². The lowest BCUT2D eigenvalue weighted by Gasteiger charge is -2.20. The molecule has 0 fully saturated rings. The van der Waals surface area contributed by atoms with Gasteiger partial charge in [0.2, 0.25) is 11.8 Å². The fourth-order valence-corrected chi connectivity index (χ4v) is 3.57. The lowest BCUT2D eigenvalue weighted by molar-refractivity contribution is 0.0928. The van der Waals surface area contributed by atoms with E-state index in [1.807, 2.05) is 0 Å². The van der Waals surface area contributed by atoms with Gasteiger partial charge < -0.3 is 14.8 Å². The smallest absolute Gasteiger partial charge is 0.257 e. The third-order valence-electron chi connectivity index (χ3n) is 5.11. The first-order valence-corrected chi connectivity index (χ1v) is 9.88. The number of hydrogen-bond acceptors (Lipinski definition) is 8. The normalized spacial score (nSPS) is 15.5.